The molecule has 1 aliphatic heterocycles. The van der Waals surface area contributed by atoms with Crippen LogP contribution in [0.5, 0.6) is 0 Å². The molecule has 2 unspecified atom stereocenters. The highest BCUT2D eigenvalue weighted by molar-refractivity contribution is 4.86. The molecule has 0 aliphatic carbocycles. The van der Waals surface area contributed by atoms with Gasteiger partial charge in [-0.15, -0.1) is 0 Å². The van der Waals surface area contributed by atoms with Crippen molar-refractivity contribution >= 4 is 0 Å². The van der Waals surface area contributed by atoms with E-state index in [1.54, 1.807) is 0 Å². The number of nitrogens with zero attached hydrogens (tertiary/aromatic N) is 1. The fraction of sp³-hybridized carbons (Fsp3) is 1.00. The Morgan fingerprint density at radius 3 is 2.39 bits per heavy atom. The van der Waals surface area contributed by atoms with Crippen molar-refractivity contribution in [2.75, 3.05) is 26.8 Å². The van der Waals surface area contributed by atoms with Crippen LogP contribution in [0, 0.1) is 0 Å². The van der Waals surface area contributed by atoms with Crippen LogP contribution in [0.25, 0.3) is 0 Å². The summed E-state index contributed by atoms with van der Waals surface area (Å²) in [7, 11) is 2.31. The van der Waals surface area contributed by atoms with Crippen LogP contribution in [-0.2, 0) is 4.74 Å². The van der Waals surface area contributed by atoms with Crippen molar-refractivity contribution in [3.05, 3.63) is 0 Å². The Balaban J connectivity index is 2.59. The van der Waals surface area contributed by atoms with Crippen molar-refractivity contribution in [3.8, 4) is 0 Å². The van der Waals surface area contributed by atoms with Gasteiger partial charge in [-0.1, -0.05) is 27.2 Å². The second-order valence-electron chi connectivity index (χ2n) is 5.44. The summed E-state index contributed by atoms with van der Waals surface area (Å²) >= 11 is 0. The maximum absolute atomic E-state index is 5.48. The van der Waals surface area contributed by atoms with Crippen LogP contribution in [0.4, 0.5) is 0 Å². The molecule has 1 N–H and O–H groups in total. The minimum Gasteiger partial charge on any atom is -0.381 e. The van der Waals surface area contributed by atoms with E-state index in [1.165, 1.54) is 32.1 Å². The molecule has 1 aliphatic rings. The van der Waals surface area contributed by atoms with Gasteiger partial charge in [-0.2, -0.15) is 0 Å². The van der Waals surface area contributed by atoms with Gasteiger partial charge < -0.3 is 10.1 Å². The summed E-state index contributed by atoms with van der Waals surface area (Å²) in [6, 6.07) is 2.01. The molecule has 18 heavy (non-hydrogen) atoms. The molecule has 0 bridgehead atoms. The summed E-state index contributed by atoms with van der Waals surface area (Å²) < 4.78 is 5.48. The molecule has 0 aromatic heterocycles. The lowest BCUT2D eigenvalue weighted by Crippen LogP contribution is -2.52. The molecule has 2 atom stereocenters. The molecule has 0 aromatic carbocycles. The average molecular weight is 256 g/mol. The van der Waals surface area contributed by atoms with E-state index >= 15 is 0 Å². The lowest BCUT2D eigenvalue weighted by molar-refractivity contribution is 0.0201. The van der Waals surface area contributed by atoms with Gasteiger partial charge in [0.05, 0.1) is 0 Å². The van der Waals surface area contributed by atoms with Crippen LogP contribution in [0.1, 0.15) is 52.9 Å². The topological polar surface area (TPSA) is 24.5 Å². The van der Waals surface area contributed by atoms with E-state index < -0.39 is 0 Å². The van der Waals surface area contributed by atoms with Gasteiger partial charge in [0.15, 0.2) is 0 Å². The van der Waals surface area contributed by atoms with E-state index in [2.05, 4.69) is 38.0 Å². The number of likely N-dealkylation sites (N-methyl/N-ethyl adjacent to an activating group) is 2. The first-order valence-corrected chi connectivity index (χ1v) is 7.77. The van der Waals surface area contributed by atoms with Crippen molar-refractivity contribution in [2.24, 2.45) is 0 Å². The molecule has 3 nitrogen and oxygen atoms in total. The lowest BCUT2D eigenvalue weighted by Gasteiger charge is -2.41. The van der Waals surface area contributed by atoms with Gasteiger partial charge in [-0.05, 0) is 39.3 Å². The standard InChI is InChI=1S/C15H32N2O/c1-5-8-14(16-7-3)15(6-2)17(4)13-9-11-18-12-10-13/h13-16H,5-12H2,1-4H3. The molecule has 1 heterocycles. The van der Waals surface area contributed by atoms with E-state index in [1.807, 2.05) is 0 Å². The average Bonchev–Trinajstić information content (AvgIpc) is 2.41. The van der Waals surface area contributed by atoms with E-state index in [0.717, 1.165) is 19.8 Å². The highest BCUT2D eigenvalue weighted by atomic mass is 16.5. The van der Waals surface area contributed by atoms with Gasteiger partial charge in [-0.3, -0.25) is 4.90 Å². The van der Waals surface area contributed by atoms with Crippen LogP contribution in [0.15, 0.2) is 0 Å². The maximum atomic E-state index is 5.48. The first-order chi connectivity index (χ1) is 8.74. The Bertz CT molecular complexity index is 199. The third kappa shape index (κ3) is 4.52. The van der Waals surface area contributed by atoms with E-state index in [9.17, 15) is 0 Å². The first-order valence-electron chi connectivity index (χ1n) is 7.77. The SMILES string of the molecule is CCCC(NCC)C(CC)N(C)C1CCOCC1. The molecule has 1 rings (SSSR count). The van der Waals surface area contributed by atoms with Gasteiger partial charge in [0.2, 0.25) is 0 Å². The van der Waals surface area contributed by atoms with E-state index in [0.29, 0.717) is 18.1 Å². The smallest absolute Gasteiger partial charge is 0.0480 e. The summed E-state index contributed by atoms with van der Waals surface area (Å²) in [6.45, 7) is 9.76. The van der Waals surface area contributed by atoms with Gasteiger partial charge in [0, 0.05) is 31.3 Å². The van der Waals surface area contributed by atoms with Crippen LogP contribution >= 0.6 is 0 Å². The van der Waals surface area contributed by atoms with Gasteiger partial charge >= 0.3 is 0 Å². The summed E-state index contributed by atoms with van der Waals surface area (Å²) in [5, 5.41) is 3.68. The molecule has 1 saturated heterocycles. The molecular formula is C15H32N2O. The van der Waals surface area contributed by atoms with Gasteiger partial charge in [0.25, 0.3) is 0 Å². The molecular weight excluding hydrogens is 224 g/mol. The van der Waals surface area contributed by atoms with Crippen molar-refractivity contribution in [3.63, 3.8) is 0 Å². The predicted molar refractivity (Wildman–Crippen MR) is 78.1 cm³/mol. The Labute approximate surface area is 113 Å². The fourth-order valence-corrected chi connectivity index (χ4v) is 3.22. The Hall–Kier alpha value is -0.120. The van der Waals surface area contributed by atoms with Crippen LogP contribution < -0.4 is 5.32 Å². The van der Waals surface area contributed by atoms with Crippen LogP contribution in [0.2, 0.25) is 0 Å². The van der Waals surface area contributed by atoms with Crippen molar-refractivity contribution in [1.29, 1.82) is 0 Å². The minimum absolute atomic E-state index is 0.637. The highest BCUT2D eigenvalue weighted by Crippen LogP contribution is 2.20. The second kappa shape index (κ2) is 8.89. The molecule has 0 radical (unpaired) electrons. The maximum Gasteiger partial charge on any atom is 0.0480 e. The van der Waals surface area contributed by atoms with E-state index in [-0.39, 0.29) is 0 Å². The predicted octanol–water partition coefficient (Wildman–Crippen LogP) is 2.65. The molecule has 0 saturated carbocycles. The minimum atomic E-state index is 0.637. The molecule has 0 aromatic rings. The number of hydrogen-bond acceptors (Lipinski definition) is 3. The molecule has 1 fully saturated rings. The molecule has 3 heteroatoms. The largest absolute Gasteiger partial charge is 0.381 e. The number of hydrogen-bond donors (Lipinski definition) is 1. The second-order valence-corrected chi connectivity index (χ2v) is 5.44. The highest BCUT2D eigenvalue weighted by Gasteiger charge is 2.28. The van der Waals surface area contributed by atoms with Gasteiger partial charge in [0.1, 0.15) is 0 Å². The van der Waals surface area contributed by atoms with Crippen molar-refractivity contribution < 1.29 is 4.74 Å². The van der Waals surface area contributed by atoms with Gasteiger partial charge in [-0.25, -0.2) is 0 Å². The van der Waals surface area contributed by atoms with Crippen LogP contribution in [-0.4, -0.2) is 49.8 Å². The van der Waals surface area contributed by atoms with Crippen molar-refractivity contribution in [2.45, 2.75) is 71.0 Å². The summed E-state index contributed by atoms with van der Waals surface area (Å²) in [5.41, 5.74) is 0. The zero-order chi connectivity index (χ0) is 13.4. The monoisotopic (exact) mass is 256 g/mol. The summed E-state index contributed by atoms with van der Waals surface area (Å²) in [6.07, 6.45) is 6.15. The molecule has 0 spiro atoms. The number of rotatable bonds is 8. The summed E-state index contributed by atoms with van der Waals surface area (Å²) in [5.74, 6) is 0. The molecule has 108 valence electrons. The zero-order valence-electron chi connectivity index (χ0n) is 12.7. The Morgan fingerprint density at radius 2 is 1.89 bits per heavy atom. The van der Waals surface area contributed by atoms with E-state index in [4.69, 9.17) is 4.74 Å². The third-order valence-electron chi connectivity index (χ3n) is 4.24. The first kappa shape index (κ1) is 15.9. The Morgan fingerprint density at radius 1 is 1.22 bits per heavy atom. The van der Waals surface area contributed by atoms with Crippen LogP contribution in [0.3, 0.4) is 0 Å². The normalized spacial score (nSPS) is 21.2. The number of ether oxygens (including phenoxy) is 1. The molecule has 0 amide bonds. The number of nitrogens with one attached hydrogen (secondary N) is 1. The quantitative estimate of drug-likeness (QED) is 0.722. The third-order valence-corrected chi connectivity index (χ3v) is 4.24. The lowest BCUT2D eigenvalue weighted by atomic mass is 9.96. The van der Waals surface area contributed by atoms with Crippen molar-refractivity contribution in [1.82, 2.24) is 10.2 Å². The summed E-state index contributed by atoms with van der Waals surface area (Å²) in [4.78, 5) is 2.62. The zero-order valence-corrected chi connectivity index (χ0v) is 12.7. The Kier molecular flexibility index (Phi) is 7.87. The fourth-order valence-electron chi connectivity index (χ4n) is 3.22.